The zero-order valence-electron chi connectivity index (χ0n) is 17.6. The van der Waals surface area contributed by atoms with Crippen molar-refractivity contribution in [2.75, 3.05) is 27.2 Å². The van der Waals surface area contributed by atoms with Crippen LogP contribution in [0.1, 0.15) is 49.8 Å². The van der Waals surface area contributed by atoms with Crippen LogP contribution in [0.2, 0.25) is 0 Å². The van der Waals surface area contributed by atoms with Gasteiger partial charge in [-0.1, -0.05) is 43.2 Å². The van der Waals surface area contributed by atoms with Gasteiger partial charge >= 0.3 is 0 Å². The highest BCUT2D eigenvalue weighted by Crippen LogP contribution is 2.39. The number of fused-ring (bicyclic) bond motifs is 2. The minimum absolute atomic E-state index is 0.293. The number of benzene rings is 1. The third kappa shape index (κ3) is 4.14. The molecule has 1 aromatic carbocycles. The summed E-state index contributed by atoms with van der Waals surface area (Å²) >= 11 is 0. The number of ether oxygens (including phenoxy) is 1. The second kappa shape index (κ2) is 8.79. The quantitative estimate of drug-likeness (QED) is 0.770. The van der Waals surface area contributed by atoms with Gasteiger partial charge in [0.15, 0.2) is 0 Å². The molecule has 1 aromatic rings. The summed E-state index contributed by atoms with van der Waals surface area (Å²) in [6, 6.07) is 7.29. The molecule has 1 aliphatic carbocycles. The van der Waals surface area contributed by atoms with E-state index in [-0.39, 0.29) is 0 Å². The van der Waals surface area contributed by atoms with E-state index in [9.17, 15) is 0 Å². The Labute approximate surface area is 164 Å². The van der Waals surface area contributed by atoms with Gasteiger partial charge in [-0.25, -0.2) is 0 Å². The molecule has 0 saturated carbocycles. The predicted molar refractivity (Wildman–Crippen MR) is 115 cm³/mol. The summed E-state index contributed by atoms with van der Waals surface area (Å²) in [4.78, 5) is 2.44. The SMILES string of the molecule is CC.COC1=CNC2C(=C1)CCc1cc(C)ccc1C2=C1CCN(C)CC1. The van der Waals surface area contributed by atoms with E-state index in [0.717, 1.165) is 31.7 Å². The smallest absolute Gasteiger partial charge is 0.134 e. The molecule has 2 aliphatic heterocycles. The van der Waals surface area contributed by atoms with E-state index < -0.39 is 0 Å². The topological polar surface area (TPSA) is 24.5 Å². The number of dihydropyridines is 1. The number of aryl methyl sites for hydroxylation is 2. The van der Waals surface area contributed by atoms with Crippen molar-refractivity contribution in [2.24, 2.45) is 0 Å². The molecule has 0 aromatic heterocycles. The first kappa shape index (κ1) is 19.8. The standard InChI is InChI=1S/C22H28N2O.C2H6/c1-15-4-7-20-17(12-15)5-6-18-13-19(25-3)14-23-22(18)21(20)16-8-10-24(2)11-9-16;1-2/h4,7,12-14,22-23H,5-6,8-11H2,1-3H3;1-2H3. The summed E-state index contributed by atoms with van der Waals surface area (Å²) in [5.74, 6) is 0.932. The Bertz CT molecular complexity index is 763. The fourth-order valence-electron chi connectivity index (χ4n) is 4.36. The summed E-state index contributed by atoms with van der Waals surface area (Å²) in [5.41, 5.74) is 8.92. The second-order valence-electron chi connectivity index (χ2n) is 7.55. The fourth-order valence-corrected chi connectivity index (χ4v) is 4.36. The van der Waals surface area contributed by atoms with Gasteiger partial charge in [-0.3, -0.25) is 0 Å². The van der Waals surface area contributed by atoms with Crippen LogP contribution in [-0.4, -0.2) is 38.2 Å². The Morgan fingerprint density at radius 3 is 2.52 bits per heavy atom. The molecule has 1 N–H and O–H groups in total. The highest BCUT2D eigenvalue weighted by molar-refractivity contribution is 5.79. The number of allylic oxidation sites excluding steroid dienone is 1. The summed E-state index contributed by atoms with van der Waals surface area (Å²) < 4.78 is 5.47. The van der Waals surface area contributed by atoms with Gasteiger partial charge in [-0.05, 0) is 68.0 Å². The van der Waals surface area contributed by atoms with Crippen molar-refractivity contribution in [3.05, 3.63) is 64.1 Å². The molecule has 0 radical (unpaired) electrons. The number of likely N-dealkylation sites (tertiary alicyclic amines) is 1. The van der Waals surface area contributed by atoms with Gasteiger partial charge in [0, 0.05) is 19.3 Å². The number of hydrogen-bond donors (Lipinski definition) is 1. The maximum Gasteiger partial charge on any atom is 0.134 e. The van der Waals surface area contributed by atoms with E-state index in [4.69, 9.17) is 4.74 Å². The molecule has 3 aliphatic rings. The van der Waals surface area contributed by atoms with Crippen molar-refractivity contribution in [1.29, 1.82) is 0 Å². The van der Waals surface area contributed by atoms with E-state index in [1.165, 1.54) is 40.7 Å². The third-order valence-corrected chi connectivity index (χ3v) is 5.82. The summed E-state index contributed by atoms with van der Waals surface area (Å²) in [6.45, 7) is 8.51. The molecule has 1 atom stereocenters. The van der Waals surface area contributed by atoms with Gasteiger partial charge in [-0.2, -0.15) is 0 Å². The molecule has 1 fully saturated rings. The van der Waals surface area contributed by atoms with E-state index in [1.807, 2.05) is 20.0 Å². The number of hydrogen-bond acceptors (Lipinski definition) is 3. The summed E-state index contributed by atoms with van der Waals surface area (Å²) in [7, 11) is 3.97. The molecule has 4 rings (SSSR count). The molecule has 2 heterocycles. The number of piperidine rings is 1. The van der Waals surface area contributed by atoms with Crippen LogP contribution in [0.3, 0.4) is 0 Å². The zero-order valence-corrected chi connectivity index (χ0v) is 17.6. The average molecular weight is 367 g/mol. The molecule has 0 spiro atoms. The maximum absolute atomic E-state index is 5.47. The van der Waals surface area contributed by atoms with Gasteiger partial charge in [0.05, 0.1) is 13.2 Å². The molecule has 0 bridgehead atoms. The lowest BCUT2D eigenvalue weighted by atomic mass is 9.84. The molecule has 146 valence electrons. The van der Waals surface area contributed by atoms with Crippen molar-refractivity contribution in [1.82, 2.24) is 10.2 Å². The minimum Gasteiger partial charge on any atom is -0.495 e. The lowest BCUT2D eigenvalue weighted by Crippen LogP contribution is -2.33. The number of nitrogens with zero attached hydrogens (tertiary/aromatic N) is 1. The summed E-state index contributed by atoms with van der Waals surface area (Å²) in [6.07, 6.45) is 8.81. The first-order valence-electron chi connectivity index (χ1n) is 10.4. The fraction of sp³-hybridized carbons (Fsp3) is 0.500. The van der Waals surface area contributed by atoms with Crippen LogP contribution in [0.4, 0.5) is 0 Å². The van der Waals surface area contributed by atoms with Crippen LogP contribution < -0.4 is 5.32 Å². The lowest BCUT2D eigenvalue weighted by Gasteiger charge is -2.32. The summed E-state index contributed by atoms with van der Waals surface area (Å²) in [5, 5.41) is 3.65. The first-order valence-corrected chi connectivity index (χ1v) is 10.4. The van der Waals surface area contributed by atoms with Crippen molar-refractivity contribution in [3.8, 4) is 0 Å². The number of methoxy groups -OCH3 is 1. The van der Waals surface area contributed by atoms with Gasteiger partial charge in [0.2, 0.25) is 0 Å². The molecule has 1 saturated heterocycles. The van der Waals surface area contributed by atoms with Crippen molar-refractivity contribution in [3.63, 3.8) is 0 Å². The average Bonchev–Trinajstić information content (AvgIpc) is 2.86. The molecule has 0 amide bonds. The van der Waals surface area contributed by atoms with Crippen LogP contribution >= 0.6 is 0 Å². The Kier molecular flexibility index (Phi) is 6.43. The molecular weight excluding hydrogens is 332 g/mol. The monoisotopic (exact) mass is 366 g/mol. The molecular formula is C24H34N2O. The molecule has 3 nitrogen and oxygen atoms in total. The van der Waals surface area contributed by atoms with Crippen molar-refractivity contribution < 1.29 is 4.74 Å². The van der Waals surface area contributed by atoms with Crippen LogP contribution in [0.5, 0.6) is 0 Å². The Balaban J connectivity index is 0.00000102. The zero-order chi connectivity index (χ0) is 19.4. The first-order chi connectivity index (χ1) is 13.2. The van der Waals surface area contributed by atoms with E-state index in [1.54, 1.807) is 12.7 Å². The van der Waals surface area contributed by atoms with Gasteiger partial charge in [-0.15, -0.1) is 0 Å². The highest BCUT2D eigenvalue weighted by atomic mass is 16.5. The minimum atomic E-state index is 0.293. The van der Waals surface area contributed by atoms with E-state index >= 15 is 0 Å². The number of nitrogens with one attached hydrogen (secondary N) is 1. The van der Waals surface area contributed by atoms with Crippen LogP contribution in [0.15, 0.2) is 47.4 Å². The predicted octanol–water partition coefficient (Wildman–Crippen LogP) is 4.83. The molecule has 3 heteroatoms. The van der Waals surface area contributed by atoms with Crippen molar-refractivity contribution >= 4 is 5.57 Å². The van der Waals surface area contributed by atoms with E-state index in [2.05, 4.69) is 48.5 Å². The van der Waals surface area contributed by atoms with Gasteiger partial charge in [0.1, 0.15) is 5.76 Å². The van der Waals surface area contributed by atoms with Crippen molar-refractivity contribution in [2.45, 2.75) is 52.5 Å². The van der Waals surface area contributed by atoms with Gasteiger partial charge < -0.3 is 15.0 Å². The number of rotatable bonds is 1. The third-order valence-electron chi connectivity index (χ3n) is 5.82. The largest absolute Gasteiger partial charge is 0.495 e. The van der Waals surface area contributed by atoms with Crippen LogP contribution in [-0.2, 0) is 11.2 Å². The van der Waals surface area contributed by atoms with Crippen LogP contribution in [0.25, 0.3) is 5.57 Å². The normalized spacial score (nSPS) is 22.2. The Hall–Kier alpha value is -2.00. The Morgan fingerprint density at radius 1 is 1.07 bits per heavy atom. The lowest BCUT2D eigenvalue weighted by molar-refractivity contribution is 0.300. The molecule has 27 heavy (non-hydrogen) atoms. The highest BCUT2D eigenvalue weighted by Gasteiger charge is 2.30. The molecule has 1 unspecified atom stereocenters. The van der Waals surface area contributed by atoms with E-state index in [0.29, 0.717) is 6.04 Å². The second-order valence-corrected chi connectivity index (χ2v) is 7.55. The maximum atomic E-state index is 5.47. The van der Waals surface area contributed by atoms with Gasteiger partial charge in [0.25, 0.3) is 0 Å². The Morgan fingerprint density at radius 2 is 1.81 bits per heavy atom. The van der Waals surface area contributed by atoms with Crippen LogP contribution in [0, 0.1) is 6.92 Å².